The van der Waals surface area contributed by atoms with Gasteiger partial charge in [-0.2, -0.15) is 5.10 Å². The minimum atomic E-state index is -0.183. The number of rotatable bonds is 3. The van der Waals surface area contributed by atoms with E-state index in [1.165, 1.54) is 11.3 Å². The van der Waals surface area contributed by atoms with E-state index in [9.17, 15) is 4.79 Å². The van der Waals surface area contributed by atoms with E-state index >= 15 is 0 Å². The summed E-state index contributed by atoms with van der Waals surface area (Å²) in [6.45, 7) is 2.01. The summed E-state index contributed by atoms with van der Waals surface area (Å²) in [6, 6.07) is 5.32. The van der Waals surface area contributed by atoms with Gasteiger partial charge in [-0.15, -0.1) is 0 Å². The number of fused-ring (bicyclic) bond motifs is 1. The number of hydrogen-bond donors (Lipinski definition) is 3. The second-order valence-electron chi connectivity index (χ2n) is 4.31. The Bertz CT molecular complexity index is 776. The Morgan fingerprint density at radius 2 is 2.35 bits per heavy atom. The van der Waals surface area contributed by atoms with Gasteiger partial charge in [0.05, 0.1) is 16.4 Å². The molecule has 3 rings (SSSR count). The van der Waals surface area contributed by atoms with E-state index in [1.807, 2.05) is 6.92 Å². The van der Waals surface area contributed by atoms with Gasteiger partial charge in [-0.25, -0.2) is 4.98 Å². The van der Waals surface area contributed by atoms with Crippen molar-refractivity contribution >= 4 is 38.4 Å². The van der Waals surface area contributed by atoms with Crippen LogP contribution in [0, 0.1) is 0 Å². The summed E-state index contributed by atoms with van der Waals surface area (Å²) in [7, 11) is 0. The maximum absolute atomic E-state index is 12.2. The molecule has 0 aliphatic heterocycles. The molecular weight excluding hydrogens is 274 g/mol. The number of benzene rings is 1. The molecular formula is C13H13N5OS. The number of nitrogens with zero attached hydrogens (tertiary/aromatic N) is 2. The van der Waals surface area contributed by atoms with Crippen molar-refractivity contribution in [2.75, 3.05) is 11.1 Å². The molecule has 0 radical (unpaired) electrons. The third-order valence-corrected chi connectivity index (χ3v) is 3.85. The normalized spacial score (nSPS) is 10.8. The van der Waals surface area contributed by atoms with Gasteiger partial charge in [0, 0.05) is 11.1 Å². The number of nitrogen functional groups attached to an aromatic ring is 1. The summed E-state index contributed by atoms with van der Waals surface area (Å²) in [5.41, 5.74) is 8.00. The summed E-state index contributed by atoms with van der Waals surface area (Å²) in [6.07, 6.45) is 2.51. The predicted molar refractivity (Wildman–Crippen MR) is 80.0 cm³/mol. The molecule has 7 heteroatoms. The highest BCUT2D eigenvalue weighted by Crippen LogP contribution is 2.25. The lowest BCUT2D eigenvalue weighted by Crippen LogP contribution is -2.13. The van der Waals surface area contributed by atoms with Crippen molar-refractivity contribution in [3.8, 4) is 0 Å². The Balaban J connectivity index is 1.88. The molecule has 0 aliphatic rings. The van der Waals surface area contributed by atoms with Crippen molar-refractivity contribution in [2.45, 2.75) is 13.3 Å². The number of thiazole rings is 1. The molecule has 0 saturated carbocycles. The highest BCUT2D eigenvalue weighted by molar-refractivity contribution is 7.22. The smallest absolute Gasteiger partial charge is 0.256 e. The van der Waals surface area contributed by atoms with E-state index in [-0.39, 0.29) is 5.91 Å². The van der Waals surface area contributed by atoms with Gasteiger partial charge in [-0.1, -0.05) is 18.3 Å². The average Bonchev–Trinajstić information content (AvgIpc) is 3.02. The van der Waals surface area contributed by atoms with E-state index in [0.29, 0.717) is 16.5 Å². The topological polar surface area (TPSA) is 96.7 Å². The molecule has 0 bridgehead atoms. The number of aromatic nitrogens is 3. The number of nitrogens with one attached hydrogen (secondary N) is 2. The van der Waals surface area contributed by atoms with Crippen molar-refractivity contribution in [2.24, 2.45) is 0 Å². The summed E-state index contributed by atoms with van der Waals surface area (Å²) < 4.78 is 0.899. The van der Waals surface area contributed by atoms with Gasteiger partial charge < -0.3 is 11.1 Å². The Labute approximate surface area is 119 Å². The number of carbonyl (C=O) groups is 1. The van der Waals surface area contributed by atoms with Crippen LogP contribution in [0.5, 0.6) is 0 Å². The SMILES string of the molecule is CCc1cn[nH]c1NC(=O)c1ccc2nc(N)sc2c1. The molecule has 20 heavy (non-hydrogen) atoms. The van der Waals surface area contributed by atoms with Crippen molar-refractivity contribution in [3.05, 3.63) is 35.5 Å². The van der Waals surface area contributed by atoms with Crippen molar-refractivity contribution in [3.63, 3.8) is 0 Å². The van der Waals surface area contributed by atoms with E-state index in [2.05, 4.69) is 20.5 Å². The van der Waals surface area contributed by atoms with Gasteiger partial charge in [0.25, 0.3) is 5.91 Å². The molecule has 1 aromatic carbocycles. The highest BCUT2D eigenvalue weighted by Gasteiger charge is 2.11. The Kier molecular flexibility index (Phi) is 3.11. The molecule has 0 fully saturated rings. The average molecular weight is 287 g/mol. The van der Waals surface area contributed by atoms with Crippen LogP contribution in [0.15, 0.2) is 24.4 Å². The number of nitrogens with two attached hydrogens (primary N) is 1. The first-order valence-corrected chi connectivity index (χ1v) is 6.98. The fourth-order valence-electron chi connectivity index (χ4n) is 1.96. The number of aryl methyl sites for hydroxylation is 1. The maximum atomic E-state index is 12.2. The first-order chi connectivity index (χ1) is 9.67. The first kappa shape index (κ1) is 12.6. The molecule has 102 valence electrons. The Morgan fingerprint density at radius 3 is 3.15 bits per heavy atom. The maximum Gasteiger partial charge on any atom is 0.256 e. The minimum absolute atomic E-state index is 0.183. The number of anilines is 2. The predicted octanol–water partition coefficient (Wildman–Crippen LogP) is 2.42. The van der Waals surface area contributed by atoms with Gasteiger partial charge in [-0.3, -0.25) is 9.89 Å². The lowest BCUT2D eigenvalue weighted by Gasteiger charge is -2.04. The molecule has 0 spiro atoms. The molecule has 2 aromatic heterocycles. The van der Waals surface area contributed by atoms with Crippen LogP contribution in [0.1, 0.15) is 22.8 Å². The van der Waals surface area contributed by atoms with Crippen LogP contribution in [-0.2, 0) is 6.42 Å². The van der Waals surface area contributed by atoms with Crippen molar-refractivity contribution < 1.29 is 4.79 Å². The molecule has 0 saturated heterocycles. The molecule has 3 aromatic rings. The van der Waals surface area contributed by atoms with Gasteiger partial charge in [-0.05, 0) is 24.6 Å². The fraction of sp³-hybridized carbons (Fsp3) is 0.154. The molecule has 0 unspecified atom stereocenters. The van der Waals surface area contributed by atoms with Crippen LogP contribution in [0.4, 0.5) is 10.9 Å². The van der Waals surface area contributed by atoms with Crippen LogP contribution in [0.25, 0.3) is 10.2 Å². The highest BCUT2D eigenvalue weighted by atomic mass is 32.1. The van der Waals surface area contributed by atoms with Crippen LogP contribution >= 0.6 is 11.3 Å². The van der Waals surface area contributed by atoms with E-state index in [1.54, 1.807) is 24.4 Å². The van der Waals surface area contributed by atoms with Crippen molar-refractivity contribution in [1.82, 2.24) is 15.2 Å². The number of amides is 1. The standard InChI is InChI=1S/C13H13N5OS/c1-2-7-6-15-18-11(7)17-12(19)8-3-4-9-10(5-8)20-13(14)16-9/h3-6H,2H2,1H3,(H2,14,16)(H2,15,17,18,19). The fourth-order valence-corrected chi connectivity index (χ4v) is 2.73. The molecule has 0 atom stereocenters. The van der Waals surface area contributed by atoms with Crippen LogP contribution in [0.2, 0.25) is 0 Å². The van der Waals surface area contributed by atoms with Crippen LogP contribution < -0.4 is 11.1 Å². The molecule has 0 aliphatic carbocycles. The molecule has 4 N–H and O–H groups in total. The Hall–Kier alpha value is -2.41. The monoisotopic (exact) mass is 287 g/mol. The van der Waals surface area contributed by atoms with Crippen molar-refractivity contribution in [1.29, 1.82) is 0 Å². The summed E-state index contributed by atoms with van der Waals surface area (Å²) in [5.74, 6) is 0.458. The lowest BCUT2D eigenvalue weighted by atomic mass is 10.2. The summed E-state index contributed by atoms with van der Waals surface area (Å²) in [4.78, 5) is 16.4. The van der Waals surface area contributed by atoms with Gasteiger partial charge in [0.2, 0.25) is 0 Å². The van der Waals surface area contributed by atoms with Crippen LogP contribution in [0.3, 0.4) is 0 Å². The van der Waals surface area contributed by atoms with Gasteiger partial charge in [0.15, 0.2) is 5.13 Å². The van der Waals surface area contributed by atoms with Gasteiger partial charge in [0.1, 0.15) is 5.82 Å². The molecule has 1 amide bonds. The number of aromatic amines is 1. The number of hydrogen-bond acceptors (Lipinski definition) is 5. The number of carbonyl (C=O) groups excluding carboxylic acids is 1. The summed E-state index contributed by atoms with van der Waals surface area (Å²) in [5, 5.41) is 10.0. The van der Waals surface area contributed by atoms with Crippen LogP contribution in [-0.4, -0.2) is 21.1 Å². The third-order valence-electron chi connectivity index (χ3n) is 3.00. The first-order valence-electron chi connectivity index (χ1n) is 6.17. The quantitative estimate of drug-likeness (QED) is 0.689. The number of H-pyrrole nitrogens is 1. The van der Waals surface area contributed by atoms with E-state index in [4.69, 9.17) is 5.73 Å². The zero-order valence-electron chi connectivity index (χ0n) is 10.8. The minimum Gasteiger partial charge on any atom is -0.375 e. The largest absolute Gasteiger partial charge is 0.375 e. The second-order valence-corrected chi connectivity index (χ2v) is 5.37. The second kappa shape index (κ2) is 4.93. The van der Waals surface area contributed by atoms with E-state index in [0.717, 1.165) is 22.2 Å². The lowest BCUT2D eigenvalue weighted by molar-refractivity contribution is 0.102. The van der Waals surface area contributed by atoms with E-state index < -0.39 is 0 Å². The van der Waals surface area contributed by atoms with Gasteiger partial charge >= 0.3 is 0 Å². The zero-order valence-corrected chi connectivity index (χ0v) is 11.6. The zero-order chi connectivity index (χ0) is 14.1. The molecule has 2 heterocycles. The molecule has 6 nitrogen and oxygen atoms in total. The Morgan fingerprint density at radius 1 is 1.50 bits per heavy atom. The summed E-state index contributed by atoms with van der Waals surface area (Å²) >= 11 is 1.37. The third kappa shape index (κ3) is 2.23.